The van der Waals surface area contributed by atoms with Crippen molar-refractivity contribution in [2.24, 2.45) is 0 Å². The first kappa shape index (κ1) is 78.5. The number of aliphatic hydroxyl groups is 1. The fourth-order valence-electron chi connectivity index (χ4n) is 10.6. The Morgan fingerprint density at radius 3 is 1.05 bits per heavy atom. The zero-order valence-electron chi connectivity index (χ0n) is 54.0. The summed E-state index contributed by atoms with van der Waals surface area (Å²) < 4.78 is 23.5. The number of unbranched alkanes of at least 4 members (excludes halogenated alkanes) is 46. The Balaban J connectivity index is 4.04. The van der Waals surface area contributed by atoms with E-state index in [1.54, 1.807) is 6.08 Å². The molecule has 0 heterocycles. The monoisotopic (exact) mass is 1150 g/mol. The molecule has 0 radical (unpaired) electrons. The number of nitrogens with one attached hydrogen (secondary N) is 1. The molecule has 0 rings (SSSR count). The Kier molecular flexibility index (Phi) is 60.8. The van der Waals surface area contributed by atoms with E-state index in [0.717, 1.165) is 51.4 Å². The molecule has 0 aromatic carbocycles. The first-order valence-corrected chi connectivity index (χ1v) is 36.5. The molecule has 8 nitrogen and oxygen atoms in total. The highest BCUT2D eigenvalue weighted by molar-refractivity contribution is 7.45. The van der Waals surface area contributed by atoms with Gasteiger partial charge in [0.2, 0.25) is 5.91 Å². The van der Waals surface area contributed by atoms with Crippen LogP contribution < -0.4 is 10.2 Å². The van der Waals surface area contributed by atoms with Crippen LogP contribution in [0.25, 0.3) is 0 Å². The molecule has 0 saturated carbocycles. The number of phosphoric acid groups is 1. The van der Waals surface area contributed by atoms with E-state index < -0.39 is 20.0 Å². The second-order valence-corrected chi connectivity index (χ2v) is 26.7. The number of quaternary nitrogens is 1. The molecular weight excluding hydrogens is 1010 g/mol. The van der Waals surface area contributed by atoms with E-state index in [0.29, 0.717) is 17.4 Å². The quantitative estimate of drug-likeness (QED) is 0.0272. The van der Waals surface area contributed by atoms with Gasteiger partial charge in [-0.1, -0.05) is 332 Å². The van der Waals surface area contributed by atoms with Crippen LogP contribution in [0.4, 0.5) is 0 Å². The van der Waals surface area contributed by atoms with Gasteiger partial charge in [-0.3, -0.25) is 9.36 Å². The van der Waals surface area contributed by atoms with E-state index in [1.165, 1.54) is 276 Å². The minimum absolute atomic E-state index is 0.000136. The number of allylic oxidation sites excluding steroid dienone is 7. The number of aliphatic hydroxyl groups excluding tert-OH is 1. The van der Waals surface area contributed by atoms with Crippen molar-refractivity contribution >= 4 is 13.7 Å². The molecule has 80 heavy (non-hydrogen) atoms. The van der Waals surface area contributed by atoms with E-state index in [4.69, 9.17) is 9.05 Å². The SMILES string of the molecule is CCCCCCC/C=C\C/C=C\C/C=C\CCCCCCCCCCCCCCCCCCCCC(=O)NC(COP(=O)([O-])OCC[N+](C)(C)C)C(O)/C=C/CCCCCCCCCCCCCCCCCCCCCCCCC. The standard InChI is InChI=1S/C71H137N2O6P/c1-6-8-10-12-14-16-18-20-22-24-26-28-30-32-33-34-35-36-37-38-39-41-43-45-47-49-51-53-55-57-59-61-63-65-71(75)72-69(68-79-80(76,77)78-67-66-73(3,4)5)70(74)64-62-60-58-56-54-52-50-48-46-44-42-40-31-29-27-25-23-21-19-17-15-13-11-9-7-2/h18,20,24,26,30,32,62,64,69-70,74H,6-17,19,21-23,25,27-29,31,33-61,63,65-68H2,1-5H3,(H-,72,75,76,77)/b20-18-,26-24-,32-30-,64-62+. The van der Waals surface area contributed by atoms with E-state index in [-0.39, 0.29) is 19.1 Å². The third-order valence-corrected chi connectivity index (χ3v) is 17.0. The molecule has 0 spiro atoms. The van der Waals surface area contributed by atoms with Crippen molar-refractivity contribution in [3.8, 4) is 0 Å². The minimum atomic E-state index is -4.60. The van der Waals surface area contributed by atoms with Gasteiger partial charge < -0.3 is 28.8 Å². The highest BCUT2D eigenvalue weighted by Crippen LogP contribution is 2.38. The molecule has 1 amide bonds. The molecule has 0 aliphatic heterocycles. The van der Waals surface area contributed by atoms with Gasteiger partial charge in [0.15, 0.2) is 0 Å². The van der Waals surface area contributed by atoms with Crippen LogP contribution in [0.2, 0.25) is 0 Å². The Hall–Kier alpha value is -1.54. The Bertz CT molecular complexity index is 1440. The number of hydrogen-bond donors (Lipinski definition) is 2. The number of phosphoric ester groups is 1. The Labute approximate surface area is 499 Å². The first-order chi connectivity index (χ1) is 39.0. The second-order valence-electron chi connectivity index (χ2n) is 25.2. The highest BCUT2D eigenvalue weighted by Gasteiger charge is 2.23. The molecule has 2 N–H and O–H groups in total. The van der Waals surface area contributed by atoms with Crippen LogP contribution in [0.3, 0.4) is 0 Å². The Morgan fingerprint density at radius 2 is 0.725 bits per heavy atom. The number of likely N-dealkylation sites (N-methyl/N-ethyl adjacent to an activating group) is 1. The molecular formula is C71H137N2O6P. The summed E-state index contributed by atoms with van der Waals surface area (Å²) in [5.41, 5.74) is 0. The number of carbonyl (C=O) groups excluding carboxylic acids is 1. The Morgan fingerprint density at radius 1 is 0.438 bits per heavy atom. The van der Waals surface area contributed by atoms with Gasteiger partial charge in [0.25, 0.3) is 7.82 Å². The average Bonchev–Trinajstić information content (AvgIpc) is 3.42. The predicted octanol–water partition coefficient (Wildman–Crippen LogP) is 21.6. The van der Waals surface area contributed by atoms with Gasteiger partial charge in [0.05, 0.1) is 39.9 Å². The van der Waals surface area contributed by atoms with E-state index in [2.05, 4.69) is 55.6 Å². The maximum absolute atomic E-state index is 13.0. The van der Waals surface area contributed by atoms with E-state index in [9.17, 15) is 19.4 Å². The topological polar surface area (TPSA) is 108 Å². The third-order valence-electron chi connectivity index (χ3n) is 16.0. The van der Waals surface area contributed by atoms with Crippen LogP contribution in [0, 0.1) is 0 Å². The number of carbonyl (C=O) groups is 1. The molecule has 0 saturated heterocycles. The van der Waals surface area contributed by atoms with Crippen LogP contribution in [0.5, 0.6) is 0 Å². The van der Waals surface area contributed by atoms with Crippen LogP contribution in [-0.4, -0.2) is 68.5 Å². The molecule has 0 aliphatic carbocycles. The largest absolute Gasteiger partial charge is 0.756 e. The average molecular weight is 1150 g/mol. The lowest BCUT2D eigenvalue weighted by Crippen LogP contribution is -2.45. The molecule has 0 fully saturated rings. The maximum Gasteiger partial charge on any atom is 0.268 e. The smallest absolute Gasteiger partial charge is 0.268 e. The molecule has 0 aromatic heterocycles. The molecule has 472 valence electrons. The molecule has 0 aliphatic rings. The zero-order chi connectivity index (χ0) is 58.4. The predicted molar refractivity (Wildman–Crippen MR) is 348 cm³/mol. The molecule has 3 atom stereocenters. The van der Waals surface area contributed by atoms with Crippen LogP contribution in [-0.2, 0) is 18.4 Å². The summed E-state index contributed by atoms with van der Waals surface area (Å²) in [5, 5.41) is 14.0. The number of hydrogen-bond acceptors (Lipinski definition) is 6. The zero-order valence-corrected chi connectivity index (χ0v) is 54.9. The third kappa shape index (κ3) is 64.0. The van der Waals surface area contributed by atoms with Crippen LogP contribution in [0.1, 0.15) is 348 Å². The van der Waals surface area contributed by atoms with Crippen molar-refractivity contribution < 1.29 is 32.9 Å². The van der Waals surface area contributed by atoms with Gasteiger partial charge in [-0.15, -0.1) is 0 Å². The summed E-state index contributed by atoms with van der Waals surface area (Å²) in [5.74, 6) is -0.192. The number of rotatable bonds is 65. The molecule has 9 heteroatoms. The van der Waals surface area contributed by atoms with Gasteiger partial charge >= 0.3 is 0 Å². The van der Waals surface area contributed by atoms with Gasteiger partial charge in [-0.25, -0.2) is 0 Å². The summed E-state index contributed by atoms with van der Waals surface area (Å²) in [7, 11) is 1.27. The highest BCUT2D eigenvalue weighted by atomic mass is 31.2. The minimum Gasteiger partial charge on any atom is -0.756 e. The van der Waals surface area contributed by atoms with Gasteiger partial charge in [0, 0.05) is 6.42 Å². The fraction of sp³-hybridized carbons (Fsp3) is 0.873. The summed E-state index contributed by atoms with van der Waals surface area (Å²) in [4.78, 5) is 25.6. The van der Waals surface area contributed by atoms with E-state index in [1.807, 2.05) is 27.2 Å². The summed E-state index contributed by atoms with van der Waals surface area (Å²) in [6.07, 6.45) is 83.7. The van der Waals surface area contributed by atoms with Crippen molar-refractivity contribution in [3.05, 3.63) is 48.6 Å². The molecule has 3 unspecified atom stereocenters. The number of nitrogens with zero attached hydrogens (tertiary/aromatic N) is 1. The lowest BCUT2D eigenvalue weighted by molar-refractivity contribution is -0.870. The normalized spacial score (nSPS) is 13.9. The van der Waals surface area contributed by atoms with Crippen molar-refractivity contribution in [3.63, 3.8) is 0 Å². The maximum atomic E-state index is 13.0. The lowest BCUT2D eigenvalue weighted by atomic mass is 10.0. The van der Waals surface area contributed by atoms with Gasteiger partial charge in [-0.05, 0) is 57.8 Å². The van der Waals surface area contributed by atoms with Gasteiger partial charge in [0.1, 0.15) is 13.2 Å². The van der Waals surface area contributed by atoms with Crippen molar-refractivity contribution in [1.82, 2.24) is 5.32 Å². The van der Waals surface area contributed by atoms with E-state index >= 15 is 0 Å². The number of amides is 1. The lowest BCUT2D eigenvalue weighted by Gasteiger charge is -2.29. The van der Waals surface area contributed by atoms with Crippen molar-refractivity contribution in [2.45, 2.75) is 360 Å². The first-order valence-electron chi connectivity index (χ1n) is 35.0. The van der Waals surface area contributed by atoms with Crippen molar-refractivity contribution in [1.29, 1.82) is 0 Å². The summed E-state index contributed by atoms with van der Waals surface area (Å²) in [6, 6.07) is -0.888. The summed E-state index contributed by atoms with van der Waals surface area (Å²) in [6.45, 7) is 4.69. The fourth-order valence-corrected chi connectivity index (χ4v) is 11.3. The van der Waals surface area contributed by atoms with Crippen molar-refractivity contribution in [2.75, 3.05) is 40.9 Å². The second kappa shape index (κ2) is 62.0. The van der Waals surface area contributed by atoms with Gasteiger partial charge in [-0.2, -0.15) is 0 Å². The molecule has 0 bridgehead atoms. The molecule has 0 aromatic rings. The van der Waals surface area contributed by atoms with Crippen LogP contribution >= 0.6 is 7.82 Å². The van der Waals surface area contributed by atoms with Crippen LogP contribution in [0.15, 0.2) is 48.6 Å². The summed E-state index contributed by atoms with van der Waals surface area (Å²) >= 11 is 0.